The van der Waals surface area contributed by atoms with E-state index in [0.717, 1.165) is 25.7 Å². The quantitative estimate of drug-likeness (QED) is 0.854. The Labute approximate surface area is 134 Å². The maximum absolute atomic E-state index is 14.5. The molecule has 0 spiro atoms. The molecule has 1 aromatic heterocycles. The van der Waals surface area contributed by atoms with Gasteiger partial charge in [0.05, 0.1) is 18.8 Å². The van der Waals surface area contributed by atoms with Crippen molar-refractivity contribution in [3.63, 3.8) is 0 Å². The maximum Gasteiger partial charge on any atom is 0.191 e. The summed E-state index contributed by atoms with van der Waals surface area (Å²) in [5, 5.41) is 0. The monoisotopic (exact) mass is 322 g/mol. The molecule has 0 N–H and O–H groups in total. The van der Waals surface area contributed by atoms with E-state index in [1.807, 2.05) is 10.8 Å². The first-order chi connectivity index (χ1) is 11.2. The molecule has 1 aromatic carbocycles. The molecule has 1 saturated carbocycles. The lowest BCUT2D eigenvalue weighted by molar-refractivity contribution is 0.0586. The first-order valence-electron chi connectivity index (χ1n) is 7.73. The second-order valence-electron chi connectivity index (χ2n) is 5.77. The number of nitrogens with zero attached hydrogens (tertiary/aromatic N) is 2. The van der Waals surface area contributed by atoms with Crippen molar-refractivity contribution >= 4 is 0 Å². The van der Waals surface area contributed by atoms with E-state index in [-0.39, 0.29) is 17.4 Å². The summed E-state index contributed by atoms with van der Waals surface area (Å²) in [6.07, 6.45) is 7.61. The Balaban J connectivity index is 1.93. The number of rotatable bonds is 4. The molecule has 124 valence electrons. The van der Waals surface area contributed by atoms with Crippen LogP contribution in [0.15, 0.2) is 24.5 Å². The second kappa shape index (κ2) is 6.66. The van der Waals surface area contributed by atoms with Gasteiger partial charge in [-0.05, 0) is 37.8 Å². The van der Waals surface area contributed by atoms with E-state index in [9.17, 15) is 8.78 Å². The molecular formula is C17H20F2N2O2. The van der Waals surface area contributed by atoms with Gasteiger partial charge in [-0.15, -0.1) is 0 Å². The zero-order valence-electron chi connectivity index (χ0n) is 13.3. The lowest BCUT2D eigenvalue weighted by Crippen LogP contribution is -2.22. The smallest absolute Gasteiger partial charge is 0.191 e. The molecule has 0 atom stereocenters. The van der Waals surface area contributed by atoms with Crippen LogP contribution in [0.4, 0.5) is 8.78 Å². The first kappa shape index (κ1) is 15.9. The fourth-order valence-corrected chi connectivity index (χ4v) is 3.27. The molecule has 0 unspecified atom stereocenters. The molecule has 0 bridgehead atoms. The van der Waals surface area contributed by atoms with E-state index in [0.29, 0.717) is 11.9 Å². The minimum atomic E-state index is -0.717. The van der Waals surface area contributed by atoms with E-state index < -0.39 is 11.6 Å². The number of imidazole rings is 1. The third-order valence-corrected chi connectivity index (χ3v) is 4.53. The van der Waals surface area contributed by atoms with Crippen molar-refractivity contribution < 1.29 is 18.3 Å². The SMILES string of the molecule is COc1c(F)ccc(-c2nccn2C2CCC(OC)CC2)c1F. The highest BCUT2D eigenvalue weighted by Gasteiger charge is 2.25. The molecular weight excluding hydrogens is 302 g/mol. The van der Waals surface area contributed by atoms with Gasteiger partial charge < -0.3 is 14.0 Å². The minimum Gasteiger partial charge on any atom is -0.491 e. The van der Waals surface area contributed by atoms with Gasteiger partial charge in [0.15, 0.2) is 17.4 Å². The van der Waals surface area contributed by atoms with Crippen LogP contribution in [0, 0.1) is 11.6 Å². The third kappa shape index (κ3) is 2.95. The average molecular weight is 322 g/mol. The number of methoxy groups -OCH3 is 2. The Hall–Kier alpha value is -1.95. The highest BCUT2D eigenvalue weighted by Crippen LogP contribution is 2.35. The van der Waals surface area contributed by atoms with Crippen LogP contribution in [-0.4, -0.2) is 29.9 Å². The summed E-state index contributed by atoms with van der Waals surface area (Å²) in [4.78, 5) is 4.28. The molecule has 0 saturated heterocycles. The predicted octanol–water partition coefficient (Wildman–Crippen LogP) is 3.97. The average Bonchev–Trinajstić information content (AvgIpc) is 3.05. The van der Waals surface area contributed by atoms with Crippen molar-refractivity contribution in [2.45, 2.75) is 37.8 Å². The standard InChI is InChI=1S/C17H20F2N2O2/c1-22-12-5-3-11(4-6-12)21-10-9-20-17(21)13-7-8-14(18)16(23-2)15(13)19/h7-12H,3-6H2,1-2H3. The van der Waals surface area contributed by atoms with Crippen LogP contribution >= 0.6 is 0 Å². The number of aromatic nitrogens is 2. The molecule has 2 aromatic rings. The number of hydrogen-bond donors (Lipinski definition) is 0. The van der Waals surface area contributed by atoms with Crippen molar-refractivity contribution in [1.82, 2.24) is 9.55 Å². The molecule has 3 rings (SSSR count). The summed E-state index contributed by atoms with van der Waals surface area (Å²) in [5.41, 5.74) is 0.252. The van der Waals surface area contributed by atoms with Crippen LogP contribution in [0.3, 0.4) is 0 Å². The molecule has 23 heavy (non-hydrogen) atoms. The van der Waals surface area contributed by atoms with Crippen molar-refractivity contribution in [1.29, 1.82) is 0 Å². The van der Waals surface area contributed by atoms with Gasteiger partial charge in [0.2, 0.25) is 0 Å². The Bertz CT molecular complexity index is 679. The van der Waals surface area contributed by atoms with Crippen LogP contribution in [0.25, 0.3) is 11.4 Å². The molecule has 1 heterocycles. The van der Waals surface area contributed by atoms with E-state index in [1.165, 1.54) is 19.2 Å². The molecule has 0 aliphatic heterocycles. The van der Waals surface area contributed by atoms with E-state index in [4.69, 9.17) is 9.47 Å². The molecule has 1 aliphatic rings. The van der Waals surface area contributed by atoms with E-state index in [2.05, 4.69) is 4.98 Å². The topological polar surface area (TPSA) is 36.3 Å². The number of ether oxygens (including phenoxy) is 2. The first-order valence-corrected chi connectivity index (χ1v) is 7.73. The van der Waals surface area contributed by atoms with Crippen molar-refractivity contribution in [2.75, 3.05) is 14.2 Å². The lowest BCUT2D eigenvalue weighted by atomic mass is 9.92. The van der Waals surface area contributed by atoms with Crippen LogP contribution < -0.4 is 4.74 Å². The van der Waals surface area contributed by atoms with Crippen LogP contribution in [0.1, 0.15) is 31.7 Å². The third-order valence-electron chi connectivity index (χ3n) is 4.53. The van der Waals surface area contributed by atoms with Crippen LogP contribution in [-0.2, 0) is 4.74 Å². The molecule has 0 radical (unpaired) electrons. The van der Waals surface area contributed by atoms with Gasteiger partial charge in [-0.3, -0.25) is 0 Å². The van der Waals surface area contributed by atoms with Gasteiger partial charge in [0.25, 0.3) is 0 Å². The second-order valence-corrected chi connectivity index (χ2v) is 5.77. The number of hydrogen-bond acceptors (Lipinski definition) is 3. The summed E-state index contributed by atoms with van der Waals surface area (Å²) in [6.45, 7) is 0. The van der Waals surface area contributed by atoms with Gasteiger partial charge in [-0.1, -0.05) is 0 Å². The van der Waals surface area contributed by atoms with Crippen molar-refractivity contribution in [2.24, 2.45) is 0 Å². The Morgan fingerprint density at radius 2 is 1.87 bits per heavy atom. The Kier molecular flexibility index (Phi) is 4.61. The molecule has 4 nitrogen and oxygen atoms in total. The van der Waals surface area contributed by atoms with Gasteiger partial charge in [0.1, 0.15) is 5.82 Å². The summed E-state index contributed by atoms with van der Waals surface area (Å²) < 4.78 is 40.3. The minimum absolute atomic E-state index is 0.245. The highest BCUT2D eigenvalue weighted by molar-refractivity contribution is 5.60. The fraction of sp³-hybridized carbons (Fsp3) is 0.471. The van der Waals surface area contributed by atoms with Crippen LogP contribution in [0.5, 0.6) is 5.75 Å². The molecule has 0 amide bonds. The Morgan fingerprint density at radius 3 is 2.52 bits per heavy atom. The maximum atomic E-state index is 14.5. The Morgan fingerprint density at radius 1 is 1.13 bits per heavy atom. The van der Waals surface area contributed by atoms with Crippen LogP contribution in [0.2, 0.25) is 0 Å². The number of benzene rings is 1. The summed E-state index contributed by atoms with van der Waals surface area (Å²) in [7, 11) is 2.98. The van der Waals surface area contributed by atoms with Gasteiger partial charge in [0, 0.05) is 25.5 Å². The van der Waals surface area contributed by atoms with Gasteiger partial charge in [-0.25, -0.2) is 13.8 Å². The van der Waals surface area contributed by atoms with Gasteiger partial charge >= 0.3 is 0 Å². The van der Waals surface area contributed by atoms with E-state index in [1.54, 1.807) is 13.3 Å². The lowest BCUT2D eigenvalue weighted by Gasteiger charge is -2.29. The molecule has 1 fully saturated rings. The zero-order valence-corrected chi connectivity index (χ0v) is 13.3. The largest absolute Gasteiger partial charge is 0.491 e. The summed E-state index contributed by atoms with van der Waals surface area (Å²) >= 11 is 0. The summed E-state index contributed by atoms with van der Waals surface area (Å²) in [5.74, 6) is -1.31. The fourth-order valence-electron chi connectivity index (χ4n) is 3.27. The zero-order chi connectivity index (χ0) is 16.4. The van der Waals surface area contributed by atoms with Crippen molar-refractivity contribution in [3.05, 3.63) is 36.2 Å². The van der Waals surface area contributed by atoms with Gasteiger partial charge in [-0.2, -0.15) is 0 Å². The highest BCUT2D eigenvalue weighted by atomic mass is 19.1. The normalized spacial score (nSPS) is 21.4. The van der Waals surface area contributed by atoms with Crippen molar-refractivity contribution in [3.8, 4) is 17.1 Å². The molecule has 1 aliphatic carbocycles. The van der Waals surface area contributed by atoms with E-state index >= 15 is 0 Å². The number of halogens is 2. The summed E-state index contributed by atoms with van der Waals surface area (Å²) in [6, 6.07) is 2.86. The molecule has 6 heteroatoms. The predicted molar refractivity (Wildman–Crippen MR) is 82.4 cm³/mol.